The van der Waals surface area contributed by atoms with Gasteiger partial charge in [0, 0.05) is 16.0 Å². The number of carbonyl (C=O) groups is 2. The molecule has 0 unspecified atom stereocenters. The Morgan fingerprint density at radius 3 is 2.22 bits per heavy atom. The molecule has 3 aromatic rings. The lowest BCUT2D eigenvalue weighted by Gasteiger charge is -2.45. The second kappa shape index (κ2) is 10.1. The highest BCUT2D eigenvalue weighted by atomic mass is 32.2. The summed E-state index contributed by atoms with van der Waals surface area (Å²) in [5.41, 5.74) is 5.10. The number of anilines is 1. The molecule has 0 aliphatic carbocycles. The van der Waals surface area contributed by atoms with Gasteiger partial charge in [0.15, 0.2) is 5.78 Å². The molecular formula is C31H27NO2S3. The fourth-order valence-corrected chi connectivity index (χ4v) is 7.98. The molecule has 3 nitrogen and oxygen atoms in total. The second-order valence-corrected chi connectivity index (χ2v) is 12.5. The molecule has 2 heterocycles. The van der Waals surface area contributed by atoms with Crippen LogP contribution in [0.5, 0.6) is 0 Å². The molecule has 0 radical (unpaired) electrons. The highest BCUT2D eigenvalue weighted by molar-refractivity contribution is 8.32. The Bertz CT molecular complexity index is 1490. The number of allylic oxidation sites excluding steroid dienone is 1. The predicted molar refractivity (Wildman–Crippen MR) is 162 cm³/mol. The summed E-state index contributed by atoms with van der Waals surface area (Å²) in [5.74, 6) is 0.0454. The van der Waals surface area contributed by atoms with Crippen LogP contribution in [0.25, 0.3) is 10.5 Å². The number of rotatable bonds is 4. The van der Waals surface area contributed by atoms with Crippen LogP contribution in [0.15, 0.2) is 88.0 Å². The van der Waals surface area contributed by atoms with Crippen LogP contribution < -0.4 is 4.90 Å². The third-order valence-corrected chi connectivity index (χ3v) is 10.1. The molecule has 0 N–H and O–H groups in total. The summed E-state index contributed by atoms with van der Waals surface area (Å²) in [5, 5.41) is 0. The first-order valence-electron chi connectivity index (χ1n) is 12.1. The Hall–Kier alpha value is -2.93. The van der Waals surface area contributed by atoms with E-state index < -0.39 is 5.54 Å². The van der Waals surface area contributed by atoms with Crippen molar-refractivity contribution < 1.29 is 9.59 Å². The van der Waals surface area contributed by atoms with E-state index in [0.717, 1.165) is 47.6 Å². The number of thioether (sulfide) groups is 2. The van der Waals surface area contributed by atoms with Gasteiger partial charge in [-0.1, -0.05) is 108 Å². The molecule has 6 heteroatoms. The molecule has 0 atom stereocenters. The first kappa shape index (κ1) is 25.7. The molecule has 0 bridgehead atoms. The van der Waals surface area contributed by atoms with E-state index in [-0.39, 0.29) is 11.7 Å². The van der Waals surface area contributed by atoms with Gasteiger partial charge >= 0.3 is 0 Å². The Morgan fingerprint density at radius 2 is 1.57 bits per heavy atom. The van der Waals surface area contributed by atoms with Crippen molar-refractivity contribution >= 4 is 68.5 Å². The van der Waals surface area contributed by atoms with Crippen LogP contribution in [-0.4, -0.2) is 22.1 Å². The van der Waals surface area contributed by atoms with Gasteiger partial charge in [-0.3, -0.25) is 9.59 Å². The quantitative estimate of drug-likeness (QED) is 0.248. The molecule has 2 aliphatic rings. The maximum Gasteiger partial charge on any atom is 0.232 e. The van der Waals surface area contributed by atoms with E-state index in [1.807, 2.05) is 98.5 Å². The van der Waals surface area contributed by atoms with E-state index in [1.54, 1.807) is 18.7 Å². The van der Waals surface area contributed by atoms with Crippen molar-refractivity contribution in [2.24, 2.45) is 0 Å². The van der Waals surface area contributed by atoms with Crippen LogP contribution in [0.3, 0.4) is 0 Å². The summed E-state index contributed by atoms with van der Waals surface area (Å²) in [4.78, 5) is 30.7. The van der Waals surface area contributed by atoms with Gasteiger partial charge in [0.1, 0.15) is 0 Å². The summed E-state index contributed by atoms with van der Waals surface area (Å²) in [6, 6.07) is 26.0. The molecule has 5 rings (SSSR count). The zero-order valence-corrected chi connectivity index (χ0v) is 23.7. The van der Waals surface area contributed by atoms with Crippen LogP contribution in [0.2, 0.25) is 0 Å². The first-order valence-corrected chi connectivity index (χ1v) is 14.2. The topological polar surface area (TPSA) is 37.4 Å². The van der Waals surface area contributed by atoms with Crippen molar-refractivity contribution in [3.05, 3.63) is 110 Å². The average molecular weight is 542 g/mol. The fraction of sp³-hybridized carbons (Fsp3) is 0.194. The van der Waals surface area contributed by atoms with Gasteiger partial charge in [-0.2, -0.15) is 0 Å². The zero-order valence-electron chi connectivity index (χ0n) is 21.2. The summed E-state index contributed by atoms with van der Waals surface area (Å²) in [7, 11) is 0. The number of carbonyl (C=O) groups excluding carboxylic acids is 2. The highest BCUT2D eigenvalue weighted by Gasteiger charge is 2.45. The minimum atomic E-state index is -0.723. The summed E-state index contributed by atoms with van der Waals surface area (Å²) in [6.07, 6.45) is 0.295. The van der Waals surface area contributed by atoms with Gasteiger partial charge in [-0.25, -0.2) is 0 Å². The van der Waals surface area contributed by atoms with E-state index in [0.29, 0.717) is 11.3 Å². The number of fused-ring (bicyclic) bond motifs is 1. The van der Waals surface area contributed by atoms with Crippen LogP contribution in [-0.2, 0) is 16.0 Å². The number of aryl methyl sites for hydroxylation is 1. The lowest BCUT2D eigenvalue weighted by molar-refractivity contribution is -0.118. The van der Waals surface area contributed by atoms with Crippen molar-refractivity contribution in [1.82, 2.24) is 0 Å². The van der Waals surface area contributed by atoms with Crippen LogP contribution in [0, 0.1) is 6.92 Å². The third-order valence-electron chi connectivity index (χ3n) is 6.61. The largest absolute Gasteiger partial charge is 0.301 e. The third kappa shape index (κ3) is 4.74. The summed E-state index contributed by atoms with van der Waals surface area (Å²) < 4.78 is 0.990. The Labute approximate surface area is 232 Å². The molecule has 3 aromatic carbocycles. The summed E-state index contributed by atoms with van der Waals surface area (Å²) in [6.45, 7) is 7.70. The van der Waals surface area contributed by atoms with Crippen molar-refractivity contribution in [2.75, 3.05) is 4.90 Å². The van der Waals surface area contributed by atoms with Gasteiger partial charge in [0.25, 0.3) is 0 Å². The number of ketones is 1. The monoisotopic (exact) mass is 541 g/mol. The number of hydrogen-bond acceptors (Lipinski definition) is 5. The van der Waals surface area contributed by atoms with Crippen molar-refractivity contribution in [3.8, 4) is 0 Å². The SMILES string of the molecule is CC(=O)C1=C(c2ccccc2)S/C(=C2\C(=S)C(C)(C)N(C(=O)Cc3ccccc3)c3ccc(C)cc32)S1. The molecule has 186 valence electrons. The van der Waals surface area contributed by atoms with Crippen molar-refractivity contribution in [3.63, 3.8) is 0 Å². The van der Waals surface area contributed by atoms with E-state index in [2.05, 4.69) is 6.07 Å². The molecule has 2 aliphatic heterocycles. The van der Waals surface area contributed by atoms with E-state index in [9.17, 15) is 9.59 Å². The maximum absolute atomic E-state index is 13.8. The normalized spacial score (nSPS) is 18.7. The molecule has 37 heavy (non-hydrogen) atoms. The lowest BCUT2D eigenvalue weighted by atomic mass is 9.82. The van der Waals surface area contributed by atoms with Gasteiger partial charge < -0.3 is 4.90 Å². The average Bonchev–Trinajstić information content (AvgIpc) is 3.31. The molecule has 0 saturated heterocycles. The minimum absolute atomic E-state index is 0.00644. The predicted octanol–water partition coefficient (Wildman–Crippen LogP) is 7.84. The number of thiocarbonyl (C=S) groups is 1. The van der Waals surface area contributed by atoms with E-state index >= 15 is 0 Å². The molecular weight excluding hydrogens is 515 g/mol. The Balaban J connectivity index is 1.64. The van der Waals surface area contributed by atoms with Crippen molar-refractivity contribution in [1.29, 1.82) is 0 Å². The standard InChI is InChI=1S/C31H27NO2S3/c1-19-15-16-24-23(17-19)26(30-36-27(20(2)33)28(37-30)22-13-9-6-10-14-22)29(35)31(3,4)32(24)25(34)18-21-11-7-5-8-12-21/h5-17H,18H2,1-4H3/b30-26-. The number of amides is 1. The maximum atomic E-state index is 13.8. The smallest absolute Gasteiger partial charge is 0.232 e. The first-order chi connectivity index (χ1) is 17.7. The minimum Gasteiger partial charge on any atom is -0.301 e. The fourth-order valence-electron chi connectivity index (χ4n) is 4.79. The van der Waals surface area contributed by atoms with Crippen LogP contribution in [0.4, 0.5) is 5.69 Å². The molecule has 0 aromatic heterocycles. The lowest BCUT2D eigenvalue weighted by Crippen LogP contribution is -2.56. The molecule has 0 saturated carbocycles. The number of benzene rings is 3. The molecule has 1 amide bonds. The second-order valence-electron chi connectivity index (χ2n) is 9.75. The Kier molecular flexibility index (Phi) is 7.01. The van der Waals surface area contributed by atoms with Crippen LogP contribution >= 0.6 is 35.7 Å². The van der Waals surface area contributed by atoms with Gasteiger partial charge in [-0.15, -0.1) is 0 Å². The number of Topliss-reactive ketones (excluding diaryl/α,β-unsaturated/α-hetero) is 1. The molecule has 0 spiro atoms. The number of nitrogens with zero attached hydrogens (tertiary/aromatic N) is 1. The van der Waals surface area contributed by atoms with Crippen LogP contribution in [0.1, 0.15) is 43.0 Å². The van der Waals surface area contributed by atoms with Gasteiger partial charge in [0.2, 0.25) is 5.91 Å². The Morgan fingerprint density at radius 1 is 0.919 bits per heavy atom. The zero-order chi connectivity index (χ0) is 26.3. The van der Waals surface area contributed by atoms with Gasteiger partial charge in [0.05, 0.1) is 31.7 Å². The summed E-state index contributed by atoms with van der Waals surface area (Å²) >= 11 is 9.26. The molecule has 0 fully saturated rings. The van der Waals surface area contributed by atoms with Gasteiger partial charge in [-0.05, 0) is 51.0 Å². The van der Waals surface area contributed by atoms with Crippen molar-refractivity contribution in [2.45, 2.75) is 39.7 Å². The van der Waals surface area contributed by atoms with E-state index in [1.165, 1.54) is 11.8 Å². The highest BCUT2D eigenvalue weighted by Crippen LogP contribution is 2.58. The number of hydrogen-bond donors (Lipinski definition) is 0. The van der Waals surface area contributed by atoms with E-state index in [4.69, 9.17) is 12.2 Å².